The number of benzene rings is 2. The van der Waals surface area contributed by atoms with Crippen LogP contribution in [0.25, 0.3) is 0 Å². The predicted molar refractivity (Wildman–Crippen MR) is 113 cm³/mol. The van der Waals surface area contributed by atoms with E-state index in [1.165, 1.54) is 40.7 Å². The molecule has 0 saturated carbocycles. The third kappa shape index (κ3) is 5.69. The summed E-state index contributed by atoms with van der Waals surface area (Å²) in [7, 11) is -7.16. The van der Waals surface area contributed by atoms with Crippen molar-refractivity contribution < 1.29 is 16.8 Å². The molecule has 1 aliphatic rings. The normalized spacial score (nSPS) is 16.8. The van der Waals surface area contributed by atoms with Crippen molar-refractivity contribution >= 4 is 43.2 Å². The average Bonchev–Trinajstić information content (AvgIpc) is 2.69. The fourth-order valence-electron chi connectivity index (χ4n) is 2.98. The first-order valence-corrected chi connectivity index (χ1v) is 12.6. The summed E-state index contributed by atoms with van der Waals surface area (Å²) in [5.41, 5.74) is 0. The molecule has 0 atom stereocenters. The van der Waals surface area contributed by atoms with Gasteiger partial charge in [0.05, 0.1) is 9.79 Å². The van der Waals surface area contributed by atoms with Gasteiger partial charge in [-0.3, -0.25) is 4.90 Å². The Morgan fingerprint density at radius 2 is 1.24 bits per heavy atom. The average molecular weight is 478 g/mol. The molecule has 1 aliphatic heterocycles. The highest BCUT2D eigenvalue weighted by Gasteiger charge is 2.28. The molecule has 0 bridgehead atoms. The summed E-state index contributed by atoms with van der Waals surface area (Å²) < 4.78 is 53.9. The summed E-state index contributed by atoms with van der Waals surface area (Å²) in [6.07, 6.45) is 0. The monoisotopic (exact) mass is 477 g/mol. The zero-order valence-corrected chi connectivity index (χ0v) is 18.6. The summed E-state index contributed by atoms with van der Waals surface area (Å²) in [4.78, 5) is 2.39. The van der Waals surface area contributed by atoms with E-state index in [0.717, 1.165) is 0 Å². The van der Waals surface area contributed by atoms with Crippen molar-refractivity contribution in [3.8, 4) is 0 Å². The number of hydrogen-bond donors (Lipinski definition) is 1. The van der Waals surface area contributed by atoms with Gasteiger partial charge < -0.3 is 0 Å². The molecule has 1 N–H and O–H groups in total. The van der Waals surface area contributed by atoms with E-state index in [1.54, 1.807) is 12.1 Å². The first-order valence-electron chi connectivity index (χ1n) is 8.92. The van der Waals surface area contributed by atoms with E-state index < -0.39 is 20.0 Å². The highest BCUT2D eigenvalue weighted by atomic mass is 35.5. The molecule has 1 heterocycles. The molecule has 0 spiro atoms. The molecule has 0 aliphatic carbocycles. The molecular weight excluding hydrogens is 457 g/mol. The van der Waals surface area contributed by atoms with Gasteiger partial charge in [0.1, 0.15) is 0 Å². The topological polar surface area (TPSA) is 86.8 Å². The van der Waals surface area contributed by atoms with Crippen LogP contribution in [0.4, 0.5) is 0 Å². The summed E-state index contributed by atoms with van der Waals surface area (Å²) in [6.45, 7) is 2.45. The molecule has 29 heavy (non-hydrogen) atoms. The van der Waals surface area contributed by atoms with Crippen LogP contribution in [0.2, 0.25) is 10.0 Å². The molecule has 0 radical (unpaired) electrons. The zero-order chi connectivity index (χ0) is 21.1. The molecule has 11 heteroatoms. The lowest BCUT2D eigenvalue weighted by Crippen LogP contribution is -2.50. The van der Waals surface area contributed by atoms with Gasteiger partial charge in [0.25, 0.3) is 0 Å². The van der Waals surface area contributed by atoms with Crippen molar-refractivity contribution in [1.82, 2.24) is 13.9 Å². The van der Waals surface area contributed by atoms with E-state index >= 15 is 0 Å². The van der Waals surface area contributed by atoms with Crippen molar-refractivity contribution in [2.75, 3.05) is 39.3 Å². The lowest BCUT2D eigenvalue weighted by atomic mass is 10.3. The fourth-order valence-corrected chi connectivity index (χ4v) is 5.68. The van der Waals surface area contributed by atoms with Gasteiger partial charge in [0.15, 0.2) is 0 Å². The molecule has 1 saturated heterocycles. The lowest BCUT2D eigenvalue weighted by Gasteiger charge is -2.33. The molecular formula is C18H21Cl2N3O4S2. The van der Waals surface area contributed by atoms with E-state index in [9.17, 15) is 16.8 Å². The van der Waals surface area contributed by atoms with Crippen molar-refractivity contribution in [2.24, 2.45) is 0 Å². The van der Waals surface area contributed by atoms with E-state index in [0.29, 0.717) is 42.8 Å². The number of rotatable bonds is 7. The van der Waals surface area contributed by atoms with Crippen LogP contribution in [-0.4, -0.2) is 65.3 Å². The maximum Gasteiger partial charge on any atom is 0.243 e. The third-order valence-corrected chi connectivity index (χ3v) is 8.52. The van der Waals surface area contributed by atoms with Gasteiger partial charge in [0, 0.05) is 49.3 Å². The minimum absolute atomic E-state index is 0.153. The standard InChI is InChI=1S/C18H21Cl2N3O4S2/c19-15-1-5-17(6-2-15)28(24,25)21-9-10-22-11-13-23(14-12-22)29(26,27)18-7-3-16(20)4-8-18/h1-8,21H,9-14H2. The van der Waals surface area contributed by atoms with Gasteiger partial charge in [-0.15, -0.1) is 0 Å². The van der Waals surface area contributed by atoms with Crippen molar-refractivity contribution in [1.29, 1.82) is 0 Å². The number of nitrogens with one attached hydrogen (secondary N) is 1. The van der Waals surface area contributed by atoms with E-state index in [-0.39, 0.29) is 16.3 Å². The maximum atomic E-state index is 12.7. The first kappa shape index (κ1) is 22.5. The summed E-state index contributed by atoms with van der Waals surface area (Å²) in [5.74, 6) is 0. The Balaban J connectivity index is 1.50. The second kappa shape index (κ2) is 9.30. The lowest BCUT2D eigenvalue weighted by molar-refractivity contribution is 0.191. The Morgan fingerprint density at radius 1 is 0.759 bits per heavy atom. The molecule has 2 aromatic carbocycles. The van der Waals surface area contributed by atoms with Crippen LogP contribution in [0.15, 0.2) is 58.3 Å². The zero-order valence-electron chi connectivity index (χ0n) is 15.5. The Labute approximate surface area is 181 Å². The summed E-state index contributed by atoms with van der Waals surface area (Å²) >= 11 is 11.6. The maximum absolute atomic E-state index is 12.7. The number of sulfonamides is 2. The van der Waals surface area contributed by atoms with Gasteiger partial charge in [-0.1, -0.05) is 23.2 Å². The number of nitrogens with zero attached hydrogens (tertiary/aromatic N) is 2. The van der Waals surface area contributed by atoms with Crippen LogP contribution < -0.4 is 4.72 Å². The largest absolute Gasteiger partial charge is 0.299 e. The van der Waals surface area contributed by atoms with Crippen LogP contribution in [0.1, 0.15) is 0 Å². The smallest absolute Gasteiger partial charge is 0.243 e. The summed E-state index contributed by atoms with van der Waals surface area (Å²) in [6, 6.07) is 12.0. The second-order valence-corrected chi connectivity index (χ2v) is 11.1. The molecule has 3 rings (SSSR count). The van der Waals surface area contributed by atoms with Gasteiger partial charge in [0.2, 0.25) is 20.0 Å². The molecule has 1 fully saturated rings. The van der Waals surface area contributed by atoms with Crippen LogP contribution in [0.5, 0.6) is 0 Å². The highest BCUT2D eigenvalue weighted by Crippen LogP contribution is 2.20. The van der Waals surface area contributed by atoms with Gasteiger partial charge >= 0.3 is 0 Å². The van der Waals surface area contributed by atoms with Gasteiger partial charge in [-0.2, -0.15) is 4.31 Å². The van der Waals surface area contributed by atoms with Gasteiger partial charge in [-0.25, -0.2) is 21.6 Å². The molecule has 0 unspecified atom stereocenters. The Bertz CT molecular complexity index is 1030. The molecule has 2 aromatic rings. The Morgan fingerprint density at radius 3 is 1.76 bits per heavy atom. The van der Waals surface area contributed by atoms with Crippen LogP contribution >= 0.6 is 23.2 Å². The number of halogens is 2. The van der Waals surface area contributed by atoms with E-state index in [2.05, 4.69) is 4.72 Å². The number of piperazine rings is 1. The molecule has 0 amide bonds. The van der Waals surface area contributed by atoms with Gasteiger partial charge in [-0.05, 0) is 48.5 Å². The number of hydrogen-bond acceptors (Lipinski definition) is 5. The van der Waals surface area contributed by atoms with E-state index in [4.69, 9.17) is 23.2 Å². The van der Waals surface area contributed by atoms with Crippen molar-refractivity contribution in [3.05, 3.63) is 58.6 Å². The molecule has 0 aromatic heterocycles. The third-order valence-electron chi connectivity index (χ3n) is 4.63. The molecule has 7 nitrogen and oxygen atoms in total. The van der Waals surface area contributed by atoms with Crippen molar-refractivity contribution in [3.63, 3.8) is 0 Å². The quantitative estimate of drug-likeness (QED) is 0.660. The second-order valence-electron chi connectivity index (χ2n) is 6.55. The molecule has 158 valence electrons. The van der Waals surface area contributed by atoms with Crippen molar-refractivity contribution in [2.45, 2.75) is 9.79 Å². The van der Waals surface area contributed by atoms with E-state index in [1.807, 2.05) is 4.90 Å². The Kier molecular flexibility index (Phi) is 7.21. The predicted octanol–water partition coefficient (Wildman–Crippen LogP) is 2.28. The van der Waals surface area contributed by atoms with Crippen LogP contribution in [-0.2, 0) is 20.0 Å². The van der Waals surface area contributed by atoms with Crippen LogP contribution in [0.3, 0.4) is 0 Å². The fraction of sp³-hybridized carbons (Fsp3) is 0.333. The van der Waals surface area contributed by atoms with Crippen LogP contribution in [0, 0.1) is 0 Å². The first-order chi connectivity index (χ1) is 13.7. The minimum Gasteiger partial charge on any atom is -0.299 e. The SMILES string of the molecule is O=S(=O)(NCCN1CCN(S(=O)(=O)c2ccc(Cl)cc2)CC1)c1ccc(Cl)cc1. The highest BCUT2D eigenvalue weighted by molar-refractivity contribution is 7.89. The Hall–Kier alpha value is -1.20. The minimum atomic E-state index is -3.60. The summed E-state index contributed by atoms with van der Waals surface area (Å²) in [5, 5.41) is 0.949.